The smallest absolute Gasteiger partial charge is 0.254 e. The third-order valence-corrected chi connectivity index (χ3v) is 3.45. The van der Waals surface area contributed by atoms with Crippen LogP contribution in [0.2, 0.25) is 0 Å². The Balaban J connectivity index is 1.76. The molecule has 0 saturated heterocycles. The lowest BCUT2D eigenvalue weighted by Gasteiger charge is -2.09. The Kier molecular flexibility index (Phi) is 4.38. The number of aromatic amines is 1. The van der Waals surface area contributed by atoms with Gasteiger partial charge < -0.3 is 10.4 Å². The van der Waals surface area contributed by atoms with Gasteiger partial charge in [0.1, 0.15) is 6.33 Å². The molecule has 3 aromatic rings. The van der Waals surface area contributed by atoms with Crippen molar-refractivity contribution in [3.05, 3.63) is 65.2 Å². The lowest BCUT2D eigenvalue weighted by Crippen LogP contribution is -2.24. The second-order valence-corrected chi connectivity index (χ2v) is 5.10. The van der Waals surface area contributed by atoms with Gasteiger partial charge in [-0.25, -0.2) is 13.8 Å². The number of hydrogen-bond donors (Lipinski definition) is 3. The number of nitrogens with zero attached hydrogens (tertiary/aromatic N) is 2. The first-order chi connectivity index (χ1) is 12.0. The molecule has 1 amide bonds. The van der Waals surface area contributed by atoms with Gasteiger partial charge in [-0.3, -0.25) is 9.89 Å². The van der Waals surface area contributed by atoms with Crippen molar-refractivity contribution in [3.8, 4) is 17.1 Å². The highest BCUT2D eigenvalue weighted by molar-refractivity contribution is 5.94. The van der Waals surface area contributed by atoms with Crippen LogP contribution < -0.4 is 5.32 Å². The minimum Gasteiger partial charge on any atom is -0.503 e. The molecule has 9 heteroatoms. The molecule has 0 atom stereocenters. The van der Waals surface area contributed by atoms with E-state index in [9.17, 15) is 18.0 Å². The minimum absolute atomic E-state index is 0.00000779. The summed E-state index contributed by atoms with van der Waals surface area (Å²) in [6, 6.07) is 7.33. The molecule has 128 valence electrons. The SMILES string of the molecule is O=C(NCc1cccc(-c2ncn[nH]2)c1)c1cc(F)c(F)c(O)c1F. The quantitative estimate of drug-likeness (QED) is 0.632. The molecule has 0 unspecified atom stereocenters. The van der Waals surface area contributed by atoms with E-state index in [1.165, 1.54) is 6.33 Å². The van der Waals surface area contributed by atoms with Gasteiger partial charge in [0.2, 0.25) is 5.82 Å². The van der Waals surface area contributed by atoms with E-state index in [0.717, 1.165) is 5.56 Å². The number of halogens is 3. The van der Waals surface area contributed by atoms with Crippen molar-refractivity contribution in [1.82, 2.24) is 20.5 Å². The summed E-state index contributed by atoms with van der Waals surface area (Å²) in [6.07, 6.45) is 1.35. The third-order valence-electron chi connectivity index (χ3n) is 3.45. The van der Waals surface area contributed by atoms with Crippen molar-refractivity contribution < 1.29 is 23.1 Å². The van der Waals surface area contributed by atoms with Gasteiger partial charge in [0, 0.05) is 12.1 Å². The number of carbonyl (C=O) groups is 1. The predicted octanol–water partition coefficient (Wildman–Crippen LogP) is 2.52. The number of carbonyl (C=O) groups excluding carboxylic acids is 1. The summed E-state index contributed by atoms with van der Waals surface area (Å²) in [7, 11) is 0. The van der Waals surface area contributed by atoms with Crippen LogP contribution >= 0.6 is 0 Å². The fourth-order valence-corrected chi connectivity index (χ4v) is 2.21. The molecular formula is C16H11F3N4O2. The highest BCUT2D eigenvalue weighted by Crippen LogP contribution is 2.25. The van der Waals surface area contributed by atoms with Crippen molar-refractivity contribution in [2.45, 2.75) is 6.54 Å². The van der Waals surface area contributed by atoms with Crippen LogP contribution in [-0.4, -0.2) is 26.2 Å². The molecule has 3 rings (SSSR count). The van der Waals surface area contributed by atoms with Crippen LogP contribution in [-0.2, 0) is 6.54 Å². The second kappa shape index (κ2) is 6.63. The number of phenolic OH excluding ortho intramolecular Hbond substituents is 1. The van der Waals surface area contributed by atoms with Crippen molar-refractivity contribution in [2.24, 2.45) is 0 Å². The van der Waals surface area contributed by atoms with E-state index in [2.05, 4.69) is 20.5 Å². The highest BCUT2D eigenvalue weighted by atomic mass is 19.2. The molecule has 3 N–H and O–H groups in total. The van der Waals surface area contributed by atoms with Gasteiger partial charge in [0.25, 0.3) is 5.91 Å². The average Bonchev–Trinajstić information content (AvgIpc) is 3.16. The fourth-order valence-electron chi connectivity index (χ4n) is 2.21. The van der Waals surface area contributed by atoms with E-state index in [-0.39, 0.29) is 6.54 Å². The zero-order valence-electron chi connectivity index (χ0n) is 12.6. The molecular weight excluding hydrogens is 337 g/mol. The van der Waals surface area contributed by atoms with Gasteiger partial charge in [-0.1, -0.05) is 18.2 Å². The van der Waals surface area contributed by atoms with Crippen molar-refractivity contribution in [1.29, 1.82) is 0 Å². The summed E-state index contributed by atoms with van der Waals surface area (Å²) in [5, 5.41) is 18.0. The second-order valence-electron chi connectivity index (χ2n) is 5.10. The number of aromatic nitrogens is 3. The molecule has 0 saturated carbocycles. The summed E-state index contributed by atoms with van der Waals surface area (Å²) in [6.45, 7) is 0.00000779. The summed E-state index contributed by atoms with van der Waals surface area (Å²) >= 11 is 0. The fraction of sp³-hybridized carbons (Fsp3) is 0.0625. The number of phenols is 1. The van der Waals surface area contributed by atoms with Gasteiger partial charge in [-0.05, 0) is 17.7 Å². The van der Waals surface area contributed by atoms with Gasteiger partial charge >= 0.3 is 0 Å². The lowest BCUT2D eigenvalue weighted by atomic mass is 10.1. The number of rotatable bonds is 4. The zero-order valence-corrected chi connectivity index (χ0v) is 12.6. The number of benzene rings is 2. The molecule has 0 bridgehead atoms. The maximum absolute atomic E-state index is 13.7. The van der Waals surface area contributed by atoms with E-state index in [0.29, 0.717) is 17.5 Å². The average molecular weight is 348 g/mol. The summed E-state index contributed by atoms with van der Waals surface area (Å²) < 4.78 is 40.0. The minimum atomic E-state index is -1.74. The molecule has 2 aromatic carbocycles. The van der Waals surface area contributed by atoms with E-state index in [4.69, 9.17) is 5.11 Å². The van der Waals surface area contributed by atoms with E-state index >= 15 is 0 Å². The number of hydrogen-bond acceptors (Lipinski definition) is 4. The van der Waals surface area contributed by atoms with Crippen LogP contribution in [0.4, 0.5) is 13.2 Å². The van der Waals surface area contributed by atoms with Gasteiger partial charge in [0.05, 0.1) is 5.56 Å². The Bertz CT molecular complexity index is 929. The Morgan fingerprint density at radius 1 is 1.20 bits per heavy atom. The first kappa shape index (κ1) is 16.5. The monoisotopic (exact) mass is 348 g/mol. The third kappa shape index (κ3) is 3.30. The molecule has 6 nitrogen and oxygen atoms in total. The first-order valence-corrected chi connectivity index (χ1v) is 7.06. The molecule has 0 aliphatic heterocycles. The predicted molar refractivity (Wildman–Crippen MR) is 81.0 cm³/mol. The number of aromatic hydroxyl groups is 1. The molecule has 0 aliphatic carbocycles. The topological polar surface area (TPSA) is 90.9 Å². The van der Waals surface area contributed by atoms with Crippen molar-refractivity contribution in [2.75, 3.05) is 0 Å². The largest absolute Gasteiger partial charge is 0.503 e. The van der Waals surface area contributed by atoms with Gasteiger partial charge in [-0.2, -0.15) is 9.49 Å². The van der Waals surface area contributed by atoms with Crippen LogP contribution in [0.3, 0.4) is 0 Å². The maximum Gasteiger partial charge on any atom is 0.254 e. The van der Waals surface area contributed by atoms with Gasteiger partial charge in [0.15, 0.2) is 23.2 Å². The summed E-state index contributed by atoms with van der Waals surface area (Å²) in [4.78, 5) is 16.0. The Hall–Kier alpha value is -3.36. The number of nitrogens with one attached hydrogen (secondary N) is 2. The van der Waals surface area contributed by atoms with E-state index in [1.807, 2.05) is 0 Å². The van der Waals surface area contributed by atoms with Crippen LogP contribution in [0.5, 0.6) is 5.75 Å². The van der Waals surface area contributed by atoms with Crippen LogP contribution in [0.25, 0.3) is 11.4 Å². The zero-order chi connectivity index (χ0) is 18.0. The lowest BCUT2D eigenvalue weighted by molar-refractivity contribution is 0.0945. The van der Waals surface area contributed by atoms with E-state index < -0.39 is 34.7 Å². The molecule has 0 fully saturated rings. The number of amides is 1. The molecule has 0 spiro atoms. The number of H-pyrrole nitrogens is 1. The van der Waals surface area contributed by atoms with E-state index in [1.54, 1.807) is 24.3 Å². The Morgan fingerprint density at radius 2 is 2.00 bits per heavy atom. The summed E-state index contributed by atoms with van der Waals surface area (Å²) in [5.41, 5.74) is 0.596. The van der Waals surface area contributed by atoms with Crippen molar-refractivity contribution in [3.63, 3.8) is 0 Å². The van der Waals surface area contributed by atoms with Crippen LogP contribution in [0.15, 0.2) is 36.7 Å². The normalized spacial score (nSPS) is 10.7. The van der Waals surface area contributed by atoms with Crippen LogP contribution in [0.1, 0.15) is 15.9 Å². The molecule has 1 aromatic heterocycles. The van der Waals surface area contributed by atoms with Gasteiger partial charge in [-0.15, -0.1) is 0 Å². The first-order valence-electron chi connectivity index (χ1n) is 7.06. The molecule has 0 aliphatic rings. The standard InChI is InChI=1S/C16H11F3N4O2/c17-11-5-10(12(18)14(24)13(11)19)16(25)20-6-8-2-1-3-9(4-8)15-21-7-22-23-15/h1-5,7,24H,6H2,(H,20,25)(H,21,22,23). The molecule has 25 heavy (non-hydrogen) atoms. The summed E-state index contributed by atoms with van der Waals surface area (Å²) in [5.74, 6) is -6.77. The Morgan fingerprint density at radius 3 is 2.72 bits per heavy atom. The molecule has 0 radical (unpaired) electrons. The van der Waals surface area contributed by atoms with Crippen LogP contribution in [0, 0.1) is 17.5 Å². The van der Waals surface area contributed by atoms with Crippen molar-refractivity contribution >= 4 is 5.91 Å². The highest BCUT2D eigenvalue weighted by Gasteiger charge is 2.22. The molecule has 1 heterocycles. The Labute approximate surface area is 139 Å². The maximum atomic E-state index is 13.7.